The Hall–Kier alpha value is -3.97. The molecule has 0 aliphatic carbocycles. The van der Waals surface area contributed by atoms with Gasteiger partial charge in [-0.05, 0) is 67.8 Å². The maximum Gasteiger partial charge on any atom is 0.306 e. The molecule has 1 atom stereocenters. The van der Waals surface area contributed by atoms with Crippen molar-refractivity contribution in [3.63, 3.8) is 0 Å². The molecule has 0 aliphatic rings. The second-order valence-corrected chi connectivity index (χ2v) is 11.8. The van der Waals surface area contributed by atoms with Crippen LogP contribution in [0.4, 0.5) is 0 Å². The van der Waals surface area contributed by atoms with Crippen molar-refractivity contribution in [3.05, 3.63) is 99.6 Å². The highest BCUT2D eigenvalue weighted by atomic mass is 35.5. The summed E-state index contributed by atoms with van der Waals surface area (Å²) in [6.07, 6.45) is 2.81. The molecule has 1 aromatic carbocycles. The van der Waals surface area contributed by atoms with Crippen LogP contribution >= 0.6 is 11.6 Å². The van der Waals surface area contributed by atoms with Crippen molar-refractivity contribution >= 4 is 34.7 Å². The van der Waals surface area contributed by atoms with Gasteiger partial charge in [-0.15, -0.1) is 0 Å². The molecule has 0 amide bonds. The van der Waals surface area contributed by atoms with Crippen LogP contribution < -0.4 is 4.74 Å². The van der Waals surface area contributed by atoms with Crippen molar-refractivity contribution in [1.82, 2.24) is 9.38 Å². The first-order valence-electron chi connectivity index (χ1n) is 13.7. The van der Waals surface area contributed by atoms with Gasteiger partial charge in [0.1, 0.15) is 12.4 Å². The first-order valence-corrected chi connectivity index (χ1v) is 14.1. The van der Waals surface area contributed by atoms with Crippen molar-refractivity contribution in [3.8, 4) is 5.75 Å². The number of hydrogen-bond acceptors (Lipinski definition) is 5. The van der Waals surface area contributed by atoms with Gasteiger partial charge in [-0.25, -0.2) is 0 Å². The maximum absolute atomic E-state index is 14.1. The van der Waals surface area contributed by atoms with Crippen LogP contribution in [0.25, 0.3) is 5.52 Å². The Kier molecular flexibility index (Phi) is 8.98. The lowest BCUT2D eigenvalue weighted by Gasteiger charge is -2.19. The standard InChI is InChI=1S/C33H35ClN2O5/c1-6-8-22(32(39)40)17-26-28(31(38)33(3,4)5)27-18-25(41-19-24-10-7-9-20(2)35-24)15-16-36(27)29(26)30(37)21-11-13-23(34)14-12-21/h7,9-16,18,22H,6,8,17,19H2,1-5H3,(H,39,40)/t22-/m0/s1. The summed E-state index contributed by atoms with van der Waals surface area (Å²) in [5, 5.41) is 10.5. The van der Waals surface area contributed by atoms with E-state index in [4.69, 9.17) is 16.3 Å². The second kappa shape index (κ2) is 12.3. The Morgan fingerprint density at radius 1 is 1.07 bits per heavy atom. The van der Waals surface area contributed by atoms with Crippen LogP contribution in [0.15, 0.2) is 60.8 Å². The lowest BCUT2D eigenvalue weighted by Crippen LogP contribution is -2.24. The van der Waals surface area contributed by atoms with Crippen molar-refractivity contribution in [2.45, 2.75) is 60.5 Å². The summed E-state index contributed by atoms with van der Waals surface area (Å²) in [5.41, 5.74) is 2.77. The highest BCUT2D eigenvalue weighted by Gasteiger charge is 2.35. The van der Waals surface area contributed by atoms with Gasteiger partial charge in [0, 0.05) is 39.5 Å². The molecular weight excluding hydrogens is 540 g/mol. The Morgan fingerprint density at radius 2 is 1.78 bits per heavy atom. The van der Waals surface area contributed by atoms with Crippen LogP contribution in [-0.2, 0) is 17.8 Å². The summed E-state index contributed by atoms with van der Waals surface area (Å²) in [7, 11) is 0. The van der Waals surface area contributed by atoms with Crippen LogP contribution in [0.1, 0.15) is 83.9 Å². The molecule has 4 rings (SSSR count). The Balaban J connectivity index is 1.94. The number of ether oxygens (including phenoxy) is 1. The minimum atomic E-state index is -0.962. The van der Waals surface area contributed by atoms with Crippen LogP contribution in [0.3, 0.4) is 0 Å². The van der Waals surface area contributed by atoms with E-state index in [0.29, 0.717) is 45.8 Å². The first-order chi connectivity index (χ1) is 19.4. The number of Topliss-reactive ketones (excluding diaryl/α,β-unsaturated/α-hetero) is 1. The van der Waals surface area contributed by atoms with Gasteiger partial charge >= 0.3 is 5.97 Å². The number of ketones is 2. The number of carbonyl (C=O) groups is 3. The zero-order valence-corrected chi connectivity index (χ0v) is 24.8. The molecule has 0 unspecified atom stereocenters. The summed E-state index contributed by atoms with van der Waals surface area (Å²) in [5.74, 6) is -1.72. The molecule has 0 saturated carbocycles. The molecule has 4 aromatic rings. The predicted octanol–water partition coefficient (Wildman–Crippen LogP) is 7.38. The molecular formula is C33H35ClN2O5. The van der Waals surface area contributed by atoms with E-state index in [1.807, 2.05) is 52.8 Å². The minimum Gasteiger partial charge on any atom is -0.487 e. The smallest absolute Gasteiger partial charge is 0.306 e. The average Bonchev–Trinajstić information content (AvgIpc) is 3.23. The number of rotatable bonds is 11. The Morgan fingerprint density at radius 3 is 2.39 bits per heavy atom. The van der Waals surface area contributed by atoms with E-state index in [2.05, 4.69) is 4.98 Å². The van der Waals surface area contributed by atoms with Crippen LogP contribution in [-0.4, -0.2) is 32.0 Å². The van der Waals surface area contributed by atoms with Gasteiger partial charge in [-0.2, -0.15) is 0 Å². The third kappa shape index (κ3) is 6.68. The Labute approximate surface area is 245 Å². The molecule has 1 N–H and O–H groups in total. The number of carboxylic acid groups (broad SMARTS) is 1. The molecule has 0 aliphatic heterocycles. The lowest BCUT2D eigenvalue weighted by molar-refractivity contribution is -0.141. The number of nitrogens with zero attached hydrogens (tertiary/aromatic N) is 2. The number of carboxylic acids is 1. The van der Waals surface area contributed by atoms with Gasteiger partial charge in [0.25, 0.3) is 0 Å². The van der Waals surface area contributed by atoms with Gasteiger partial charge < -0.3 is 14.2 Å². The summed E-state index contributed by atoms with van der Waals surface area (Å²) in [6, 6.07) is 15.7. The lowest BCUT2D eigenvalue weighted by atomic mass is 9.82. The summed E-state index contributed by atoms with van der Waals surface area (Å²) in [4.78, 5) is 44.8. The number of aryl methyl sites for hydroxylation is 1. The summed E-state index contributed by atoms with van der Waals surface area (Å²) in [6.45, 7) is 9.49. The predicted molar refractivity (Wildman–Crippen MR) is 159 cm³/mol. The fraction of sp³-hybridized carbons (Fsp3) is 0.333. The zero-order chi connectivity index (χ0) is 29.9. The molecule has 214 valence electrons. The third-order valence-electron chi connectivity index (χ3n) is 7.01. The highest BCUT2D eigenvalue weighted by molar-refractivity contribution is 6.30. The number of pyridine rings is 2. The van der Waals surface area contributed by atoms with Crippen molar-refractivity contribution in [2.75, 3.05) is 0 Å². The van der Waals surface area contributed by atoms with Gasteiger partial charge in [0.15, 0.2) is 5.78 Å². The van der Waals surface area contributed by atoms with Gasteiger partial charge in [-0.3, -0.25) is 19.4 Å². The molecule has 7 nitrogen and oxygen atoms in total. The van der Waals surface area contributed by atoms with E-state index in [9.17, 15) is 19.5 Å². The number of aliphatic carboxylic acids is 1. The van der Waals surface area contributed by atoms with Crippen molar-refractivity contribution in [2.24, 2.45) is 11.3 Å². The zero-order valence-electron chi connectivity index (χ0n) is 24.0. The fourth-order valence-electron chi connectivity index (χ4n) is 4.93. The molecule has 8 heteroatoms. The maximum atomic E-state index is 14.1. The quantitative estimate of drug-likeness (QED) is 0.188. The molecule has 0 saturated heterocycles. The normalized spacial score (nSPS) is 12.3. The van der Waals surface area contributed by atoms with Crippen molar-refractivity contribution < 1.29 is 24.2 Å². The average molecular weight is 575 g/mol. The number of hydrogen-bond donors (Lipinski definition) is 1. The summed E-state index contributed by atoms with van der Waals surface area (Å²) < 4.78 is 7.75. The van der Waals surface area contributed by atoms with E-state index < -0.39 is 17.3 Å². The van der Waals surface area contributed by atoms with Crippen molar-refractivity contribution in [1.29, 1.82) is 0 Å². The molecule has 0 bridgehead atoms. The molecule has 0 fully saturated rings. The van der Waals surface area contributed by atoms with Crippen LogP contribution in [0, 0.1) is 18.3 Å². The second-order valence-electron chi connectivity index (χ2n) is 11.3. The van der Waals surface area contributed by atoms with Crippen LogP contribution in [0.5, 0.6) is 5.75 Å². The van der Waals surface area contributed by atoms with Gasteiger partial charge in [0.05, 0.1) is 22.8 Å². The number of halogens is 1. The van der Waals surface area contributed by atoms with Crippen LogP contribution in [0.2, 0.25) is 5.02 Å². The minimum absolute atomic E-state index is 0.0417. The fourth-order valence-corrected chi connectivity index (χ4v) is 5.06. The van der Waals surface area contributed by atoms with Gasteiger partial charge in [-0.1, -0.05) is 51.8 Å². The van der Waals surface area contributed by atoms with Gasteiger partial charge in [0.2, 0.25) is 5.78 Å². The van der Waals surface area contributed by atoms with E-state index in [1.54, 1.807) is 47.0 Å². The largest absolute Gasteiger partial charge is 0.487 e. The van der Waals surface area contributed by atoms with E-state index in [1.165, 1.54) is 0 Å². The number of aromatic nitrogens is 2. The number of carbonyl (C=O) groups excluding carboxylic acids is 2. The Bertz CT molecular complexity index is 1600. The van der Waals surface area contributed by atoms with E-state index in [0.717, 1.165) is 11.4 Å². The highest BCUT2D eigenvalue weighted by Crippen LogP contribution is 2.36. The summed E-state index contributed by atoms with van der Waals surface area (Å²) >= 11 is 6.08. The molecule has 3 aromatic heterocycles. The molecule has 0 spiro atoms. The topological polar surface area (TPSA) is 98.0 Å². The molecule has 0 radical (unpaired) electrons. The number of benzene rings is 1. The molecule has 3 heterocycles. The number of fused-ring (bicyclic) bond motifs is 1. The van der Waals surface area contributed by atoms with E-state index >= 15 is 0 Å². The monoisotopic (exact) mass is 574 g/mol. The first kappa shape index (κ1) is 30.0. The SMILES string of the molecule is CCC[C@@H](Cc1c(C(=O)C(C)(C)C)c2cc(OCc3cccc(C)n3)ccn2c1C(=O)c1ccc(Cl)cc1)C(=O)O. The third-order valence-corrected chi connectivity index (χ3v) is 7.26. The molecule has 41 heavy (non-hydrogen) atoms. The van der Waals surface area contributed by atoms with E-state index in [-0.39, 0.29) is 30.3 Å².